The van der Waals surface area contributed by atoms with Crippen molar-refractivity contribution in [1.82, 2.24) is 0 Å². The van der Waals surface area contributed by atoms with Crippen LogP contribution in [0.25, 0.3) is 0 Å². The van der Waals surface area contributed by atoms with E-state index >= 15 is 0 Å². The van der Waals surface area contributed by atoms with E-state index in [1.54, 1.807) is 18.2 Å². The van der Waals surface area contributed by atoms with Gasteiger partial charge in [0.1, 0.15) is 11.8 Å². The lowest BCUT2D eigenvalue weighted by Crippen LogP contribution is -2.48. The monoisotopic (exact) mass is 331 g/mol. The van der Waals surface area contributed by atoms with Gasteiger partial charge in [-0.3, -0.25) is 4.79 Å². The third-order valence-electron chi connectivity index (χ3n) is 3.69. The number of alkyl halides is 3. The Morgan fingerprint density at radius 3 is 2.30 bits per heavy atom. The van der Waals surface area contributed by atoms with Crippen LogP contribution in [0.2, 0.25) is 0 Å². The Labute approximate surface area is 135 Å². The van der Waals surface area contributed by atoms with E-state index in [4.69, 9.17) is 10.5 Å². The lowest BCUT2D eigenvalue weighted by molar-refractivity contribution is -0.172. The minimum Gasteiger partial charge on any atom is -0.426 e. The number of rotatable bonds is 9. The highest BCUT2D eigenvalue weighted by Gasteiger charge is 2.45. The first-order valence-corrected chi connectivity index (χ1v) is 7.95. The Balaban J connectivity index is 2.67. The van der Waals surface area contributed by atoms with Gasteiger partial charge in [0.2, 0.25) is 0 Å². The summed E-state index contributed by atoms with van der Waals surface area (Å²) in [4.78, 5) is 12.1. The van der Waals surface area contributed by atoms with Crippen LogP contribution in [0.5, 0.6) is 5.75 Å². The van der Waals surface area contributed by atoms with Gasteiger partial charge >= 0.3 is 12.1 Å². The summed E-state index contributed by atoms with van der Waals surface area (Å²) in [5, 5.41) is 0. The fraction of sp³-hybridized carbons (Fsp3) is 0.588. The lowest BCUT2D eigenvalue weighted by atomic mass is 9.93. The van der Waals surface area contributed by atoms with Crippen LogP contribution in [0, 0.1) is 5.92 Å². The van der Waals surface area contributed by atoms with E-state index in [0.29, 0.717) is 6.42 Å². The maximum absolute atomic E-state index is 12.9. The van der Waals surface area contributed by atoms with Crippen molar-refractivity contribution in [3.8, 4) is 5.75 Å². The maximum Gasteiger partial charge on any atom is 0.404 e. The van der Waals surface area contributed by atoms with Crippen molar-refractivity contribution in [2.75, 3.05) is 0 Å². The van der Waals surface area contributed by atoms with Crippen molar-refractivity contribution in [2.24, 2.45) is 11.7 Å². The number of esters is 1. The average molecular weight is 331 g/mol. The van der Waals surface area contributed by atoms with Crippen LogP contribution >= 0.6 is 0 Å². The number of nitrogens with two attached hydrogens (primary N) is 1. The minimum absolute atomic E-state index is 0.0794. The standard InChI is InChI=1S/C17H24F3NO2/c1-2-3-4-5-9-12-14(15(21)17(18,19)20)16(22)23-13-10-7-6-8-11-13/h6-8,10-11,14-15H,2-5,9,12,21H2,1H3/t14-,15-/m0/s1. The van der Waals surface area contributed by atoms with Gasteiger partial charge in [0.25, 0.3) is 0 Å². The van der Waals surface area contributed by atoms with Crippen LogP contribution in [-0.4, -0.2) is 18.2 Å². The first-order chi connectivity index (χ1) is 10.9. The van der Waals surface area contributed by atoms with E-state index in [-0.39, 0.29) is 12.2 Å². The molecule has 0 radical (unpaired) electrons. The van der Waals surface area contributed by atoms with Crippen LogP contribution in [-0.2, 0) is 4.79 Å². The molecule has 23 heavy (non-hydrogen) atoms. The van der Waals surface area contributed by atoms with Crippen LogP contribution in [0.3, 0.4) is 0 Å². The fourth-order valence-corrected chi connectivity index (χ4v) is 2.32. The zero-order valence-corrected chi connectivity index (χ0v) is 13.3. The fourth-order valence-electron chi connectivity index (χ4n) is 2.32. The number of ether oxygens (including phenoxy) is 1. The molecule has 2 N–H and O–H groups in total. The molecule has 130 valence electrons. The van der Waals surface area contributed by atoms with Crippen molar-refractivity contribution >= 4 is 5.97 Å². The number of halogens is 3. The highest BCUT2D eigenvalue weighted by molar-refractivity contribution is 5.76. The predicted molar refractivity (Wildman–Crippen MR) is 83.0 cm³/mol. The van der Waals surface area contributed by atoms with E-state index in [0.717, 1.165) is 25.7 Å². The van der Waals surface area contributed by atoms with E-state index in [9.17, 15) is 18.0 Å². The molecule has 2 atom stereocenters. The molecule has 0 aliphatic rings. The van der Waals surface area contributed by atoms with Gasteiger partial charge in [0.05, 0.1) is 5.92 Å². The summed E-state index contributed by atoms with van der Waals surface area (Å²) < 4.78 is 43.7. The molecular formula is C17H24F3NO2. The molecule has 6 heteroatoms. The third kappa shape index (κ3) is 7.03. The minimum atomic E-state index is -4.62. The summed E-state index contributed by atoms with van der Waals surface area (Å²) in [6, 6.07) is 5.86. The van der Waals surface area contributed by atoms with E-state index in [2.05, 4.69) is 6.92 Å². The largest absolute Gasteiger partial charge is 0.426 e. The second-order valence-corrected chi connectivity index (χ2v) is 5.61. The topological polar surface area (TPSA) is 52.3 Å². The summed E-state index contributed by atoms with van der Waals surface area (Å²) in [6.45, 7) is 2.06. The third-order valence-corrected chi connectivity index (χ3v) is 3.69. The Morgan fingerprint density at radius 1 is 1.13 bits per heavy atom. The number of para-hydroxylation sites is 1. The van der Waals surface area contributed by atoms with E-state index < -0.39 is 24.1 Å². The Hall–Kier alpha value is -1.56. The van der Waals surface area contributed by atoms with Gasteiger partial charge in [-0.1, -0.05) is 57.2 Å². The van der Waals surface area contributed by atoms with Gasteiger partial charge in [-0.25, -0.2) is 0 Å². The number of unbranched alkanes of at least 4 members (excludes halogenated alkanes) is 4. The first kappa shape index (κ1) is 19.5. The summed E-state index contributed by atoms with van der Waals surface area (Å²) in [5.41, 5.74) is 5.26. The van der Waals surface area contributed by atoms with E-state index in [1.807, 2.05) is 0 Å². The molecule has 1 aromatic rings. The Morgan fingerprint density at radius 2 is 1.74 bits per heavy atom. The van der Waals surface area contributed by atoms with Crippen molar-refractivity contribution in [3.05, 3.63) is 30.3 Å². The van der Waals surface area contributed by atoms with Crippen LogP contribution in [0.15, 0.2) is 30.3 Å². The van der Waals surface area contributed by atoms with Gasteiger partial charge in [0, 0.05) is 0 Å². The van der Waals surface area contributed by atoms with Crippen LogP contribution < -0.4 is 10.5 Å². The van der Waals surface area contributed by atoms with Gasteiger partial charge in [-0.15, -0.1) is 0 Å². The van der Waals surface area contributed by atoms with Gasteiger partial charge in [-0.05, 0) is 18.6 Å². The zero-order valence-electron chi connectivity index (χ0n) is 13.3. The molecule has 0 saturated heterocycles. The zero-order chi connectivity index (χ0) is 17.3. The van der Waals surface area contributed by atoms with Gasteiger partial charge in [0.15, 0.2) is 0 Å². The van der Waals surface area contributed by atoms with Gasteiger partial charge in [-0.2, -0.15) is 13.2 Å². The number of carbonyl (C=O) groups excluding carboxylic acids is 1. The van der Waals surface area contributed by atoms with Gasteiger partial charge < -0.3 is 10.5 Å². The smallest absolute Gasteiger partial charge is 0.404 e. The molecule has 0 heterocycles. The highest BCUT2D eigenvalue weighted by atomic mass is 19.4. The first-order valence-electron chi connectivity index (χ1n) is 7.95. The molecule has 1 aromatic carbocycles. The van der Waals surface area contributed by atoms with Crippen molar-refractivity contribution in [1.29, 1.82) is 0 Å². The van der Waals surface area contributed by atoms with E-state index in [1.165, 1.54) is 12.1 Å². The lowest BCUT2D eigenvalue weighted by Gasteiger charge is -2.24. The molecule has 0 fully saturated rings. The summed E-state index contributed by atoms with van der Waals surface area (Å²) in [6.07, 6.45) is -0.212. The van der Waals surface area contributed by atoms with Crippen molar-refractivity contribution in [3.63, 3.8) is 0 Å². The number of hydrogen-bond donors (Lipinski definition) is 1. The molecule has 0 aliphatic carbocycles. The normalized spacial score (nSPS) is 14.3. The second-order valence-electron chi connectivity index (χ2n) is 5.61. The Kier molecular flexibility index (Phi) is 8.09. The molecule has 0 bridgehead atoms. The quantitative estimate of drug-likeness (QED) is 0.413. The average Bonchev–Trinajstić information content (AvgIpc) is 2.50. The molecule has 0 unspecified atom stereocenters. The molecule has 0 aliphatic heterocycles. The molecule has 0 spiro atoms. The number of carbonyl (C=O) groups is 1. The highest BCUT2D eigenvalue weighted by Crippen LogP contribution is 2.28. The Bertz CT molecular complexity index is 463. The molecule has 0 aromatic heterocycles. The number of hydrogen-bond acceptors (Lipinski definition) is 3. The summed E-state index contributed by atoms with van der Waals surface area (Å²) in [7, 11) is 0. The van der Waals surface area contributed by atoms with Crippen LogP contribution in [0.4, 0.5) is 13.2 Å². The summed E-state index contributed by atoms with van der Waals surface area (Å²) >= 11 is 0. The second kappa shape index (κ2) is 9.55. The molecule has 0 saturated carbocycles. The van der Waals surface area contributed by atoms with Crippen molar-refractivity contribution in [2.45, 2.75) is 57.7 Å². The van der Waals surface area contributed by atoms with Crippen molar-refractivity contribution < 1.29 is 22.7 Å². The molecule has 3 nitrogen and oxygen atoms in total. The molecule has 1 rings (SSSR count). The SMILES string of the molecule is CCCCCCC[C@H](C(=O)Oc1ccccc1)[C@H](N)C(F)(F)F. The number of benzene rings is 1. The molecule has 0 amide bonds. The predicted octanol–water partition coefficient (Wildman–Crippen LogP) is 4.46. The van der Waals surface area contributed by atoms with Crippen LogP contribution in [0.1, 0.15) is 45.4 Å². The molecular weight excluding hydrogens is 307 g/mol. The maximum atomic E-state index is 12.9. The summed E-state index contributed by atoms with van der Waals surface area (Å²) in [5.74, 6) is -2.07.